The summed E-state index contributed by atoms with van der Waals surface area (Å²) in [6.45, 7) is 1.66. The topological polar surface area (TPSA) is 58.2 Å². The summed E-state index contributed by atoms with van der Waals surface area (Å²) >= 11 is 0. The van der Waals surface area contributed by atoms with E-state index in [0.717, 1.165) is 12.1 Å². The summed E-state index contributed by atoms with van der Waals surface area (Å²) in [6, 6.07) is 9.86. The van der Waals surface area contributed by atoms with Gasteiger partial charge in [-0.2, -0.15) is 13.2 Å². The van der Waals surface area contributed by atoms with Crippen LogP contribution in [0.25, 0.3) is 0 Å². The molecule has 0 spiro atoms. The first kappa shape index (κ1) is 21.8. The lowest BCUT2D eigenvalue weighted by Gasteiger charge is -2.34. The Morgan fingerprint density at radius 2 is 1.81 bits per heavy atom. The first-order valence-electron chi connectivity index (χ1n) is 10.1. The summed E-state index contributed by atoms with van der Waals surface area (Å²) in [4.78, 5) is 26.1. The molecule has 0 saturated carbocycles. The zero-order chi connectivity index (χ0) is 23.0. The van der Waals surface area contributed by atoms with Gasteiger partial charge in [-0.3, -0.25) is 9.59 Å². The number of carbonyl (C=O) groups is 2. The maximum atomic E-state index is 13.4. The van der Waals surface area contributed by atoms with Crippen molar-refractivity contribution < 1.29 is 27.2 Å². The molecule has 2 N–H and O–H groups in total. The van der Waals surface area contributed by atoms with Gasteiger partial charge in [-0.05, 0) is 55.7 Å². The molecule has 4 nitrogen and oxygen atoms in total. The van der Waals surface area contributed by atoms with Crippen molar-refractivity contribution in [2.45, 2.75) is 38.3 Å². The number of anilines is 1. The molecule has 0 radical (unpaired) electrons. The number of hydrogen-bond acceptors (Lipinski definition) is 3. The van der Waals surface area contributed by atoms with Gasteiger partial charge in [-0.1, -0.05) is 18.2 Å². The summed E-state index contributed by atoms with van der Waals surface area (Å²) < 4.78 is 53.4. The van der Waals surface area contributed by atoms with Crippen molar-refractivity contribution in [2.75, 3.05) is 5.32 Å². The van der Waals surface area contributed by atoms with Gasteiger partial charge in [0.1, 0.15) is 5.82 Å². The fourth-order valence-corrected chi connectivity index (χ4v) is 4.24. The van der Waals surface area contributed by atoms with Crippen LogP contribution in [-0.4, -0.2) is 11.7 Å². The van der Waals surface area contributed by atoms with Gasteiger partial charge in [-0.25, -0.2) is 4.39 Å². The maximum absolute atomic E-state index is 13.4. The Morgan fingerprint density at radius 3 is 2.50 bits per heavy atom. The first-order chi connectivity index (χ1) is 15.1. The quantitative estimate of drug-likeness (QED) is 0.619. The summed E-state index contributed by atoms with van der Waals surface area (Å²) in [6.07, 6.45) is -3.10. The predicted molar refractivity (Wildman–Crippen MR) is 111 cm³/mol. The van der Waals surface area contributed by atoms with Crippen LogP contribution in [0, 0.1) is 5.82 Å². The average Bonchev–Trinajstić information content (AvgIpc) is 2.74. The maximum Gasteiger partial charge on any atom is 0.416 e. The van der Waals surface area contributed by atoms with Crippen molar-refractivity contribution in [1.82, 2.24) is 5.32 Å². The predicted octanol–water partition coefficient (Wildman–Crippen LogP) is 5.45. The number of dihydropyridines is 1. The average molecular weight is 444 g/mol. The number of carbonyl (C=O) groups excluding carboxylic acids is 2. The Balaban J connectivity index is 1.81. The molecular formula is C24H20F4N2O2. The van der Waals surface area contributed by atoms with E-state index in [1.54, 1.807) is 6.92 Å². The van der Waals surface area contributed by atoms with E-state index in [2.05, 4.69) is 10.6 Å². The van der Waals surface area contributed by atoms with Gasteiger partial charge < -0.3 is 10.6 Å². The Kier molecular flexibility index (Phi) is 5.62. The minimum absolute atomic E-state index is 0.155. The SMILES string of the molecule is CC1=C(C(=O)Nc2ccc(F)cc2)[C@H](c2cccc(C(F)(F)F)c2)C2=C(CCCC2=O)N1. The van der Waals surface area contributed by atoms with Crippen LogP contribution < -0.4 is 10.6 Å². The van der Waals surface area contributed by atoms with Gasteiger partial charge in [0.15, 0.2) is 5.78 Å². The highest BCUT2D eigenvalue weighted by molar-refractivity contribution is 6.09. The van der Waals surface area contributed by atoms with E-state index in [1.165, 1.54) is 36.4 Å². The Morgan fingerprint density at radius 1 is 1.09 bits per heavy atom. The van der Waals surface area contributed by atoms with Crippen LogP contribution in [0.3, 0.4) is 0 Å². The van der Waals surface area contributed by atoms with Crippen molar-refractivity contribution in [3.8, 4) is 0 Å². The van der Waals surface area contributed by atoms with Gasteiger partial charge in [0.2, 0.25) is 0 Å². The third-order valence-electron chi connectivity index (χ3n) is 5.67. The van der Waals surface area contributed by atoms with E-state index in [1.807, 2.05) is 0 Å². The summed E-state index contributed by atoms with van der Waals surface area (Å²) in [5, 5.41) is 5.78. The molecule has 0 aromatic heterocycles. The molecule has 4 rings (SSSR count). The molecular weight excluding hydrogens is 424 g/mol. The molecule has 2 aliphatic rings. The highest BCUT2D eigenvalue weighted by atomic mass is 19.4. The number of allylic oxidation sites excluding steroid dienone is 3. The number of rotatable bonds is 3. The van der Waals surface area contributed by atoms with E-state index < -0.39 is 29.4 Å². The third kappa shape index (κ3) is 4.17. The molecule has 8 heteroatoms. The summed E-state index contributed by atoms with van der Waals surface area (Å²) in [7, 11) is 0. The molecule has 1 atom stereocenters. The normalized spacial score (nSPS) is 18.9. The lowest BCUT2D eigenvalue weighted by molar-refractivity contribution is -0.137. The Hall–Kier alpha value is -3.42. The molecule has 32 heavy (non-hydrogen) atoms. The zero-order valence-electron chi connectivity index (χ0n) is 17.1. The molecule has 0 fully saturated rings. The van der Waals surface area contributed by atoms with Crippen LogP contribution in [0.5, 0.6) is 0 Å². The third-order valence-corrected chi connectivity index (χ3v) is 5.67. The molecule has 1 aliphatic carbocycles. The second-order valence-corrected chi connectivity index (χ2v) is 7.85. The number of Topliss-reactive ketones (excluding diaryl/α,β-unsaturated/α-hetero) is 1. The van der Waals surface area contributed by atoms with E-state index >= 15 is 0 Å². The Bertz CT molecular complexity index is 1150. The van der Waals surface area contributed by atoms with E-state index in [9.17, 15) is 27.2 Å². The largest absolute Gasteiger partial charge is 0.416 e. The summed E-state index contributed by atoms with van der Waals surface area (Å²) in [5.74, 6) is -2.18. The molecule has 2 aromatic rings. The molecule has 2 aromatic carbocycles. The van der Waals surface area contributed by atoms with Crippen molar-refractivity contribution in [2.24, 2.45) is 0 Å². The Labute approximate surface area is 182 Å². The number of benzene rings is 2. The van der Waals surface area contributed by atoms with E-state index in [4.69, 9.17) is 0 Å². The number of alkyl halides is 3. The molecule has 0 bridgehead atoms. The fourth-order valence-electron chi connectivity index (χ4n) is 4.24. The molecule has 1 amide bonds. The smallest absolute Gasteiger partial charge is 0.362 e. The van der Waals surface area contributed by atoms with Gasteiger partial charge in [0.05, 0.1) is 5.56 Å². The van der Waals surface area contributed by atoms with Crippen LogP contribution in [0.1, 0.15) is 43.2 Å². The fraction of sp³-hybridized carbons (Fsp3) is 0.250. The van der Waals surface area contributed by atoms with Gasteiger partial charge in [-0.15, -0.1) is 0 Å². The van der Waals surface area contributed by atoms with Gasteiger partial charge in [0, 0.05) is 40.6 Å². The van der Waals surface area contributed by atoms with Gasteiger partial charge >= 0.3 is 6.18 Å². The molecule has 166 valence electrons. The number of amides is 1. The number of hydrogen-bond donors (Lipinski definition) is 2. The second-order valence-electron chi connectivity index (χ2n) is 7.85. The van der Waals surface area contributed by atoms with Crippen molar-refractivity contribution in [3.63, 3.8) is 0 Å². The second kappa shape index (κ2) is 8.26. The lowest BCUT2D eigenvalue weighted by atomic mass is 9.74. The van der Waals surface area contributed by atoms with Crippen LogP contribution >= 0.6 is 0 Å². The first-order valence-corrected chi connectivity index (χ1v) is 10.1. The standard InChI is InChI=1S/C24H20F4N2O2/c1-13-20(23(32)30-17-10-8-16(25)9-11-17)21(22-18(29-13)6-3-7-19(22)31)14-4-2-5-15(12-14)24(26,27)28/h2,4-5,8-12,21,29H,3,6-7H2,1H3,(H,30,32)/t21-/m0/s1. The molecule has 0 unspecified atom stereocenters. The van der Waals surface area contributed by atoms with Crippen LogP contribution in [0.15, 0.2) is 71.1 Å². The van der Waals surface area contributed by atoms with Crippen LogP contribution in [0.4, 0.5) is 23.2 Å². The number of ketones is 1. The molecule has 0 saturated heterocycles. The van der Waals surface area contributed by atoms with Gasteiger partial charge in [0.25, 0.3) is 5.91 Å². The van der Waals surface area contributed by atoms with Crippen molar-refractivity contribution in [3.05, 3.63) is 88.0 Å². The highest BCUT2D eigenvalue weighted by Crippen LogP contribution is 2.43. The van der Waals surface area contributed by atoms with Crippen molar-refractivity contribution >= 4 is 17.4 Å². The van der Waals surface area contributed by atoms with Crippen molar-refractivity contribution in [1.29, 1.82) is 0 Å². The van der Waals surface area contributed by atoms with Crippen LogP contribution in [0.2, 0.25) is 0 Å². The van der Waals surface area contributed by atoms with Crippen LogP contribution in [-0.2, 0) is 15.8 Å². The zero-order valence-corrected chi connectivity index (χ0v) is 17.1. The molecule has 1 heterocycles. The summed E-state index contributed by atoms with van der Waals surface area (Å²) in [5.41, 5.74) is 1.27. The van der Waals surface area contributed by atoms with E-state index in [-0.39, 0.29) is 23.3 Å². The minimum atomic E-state index is -4.56. The number of nitrogens with one attached hydrogen (secondary N) is 2. The minimum Gasteiger partial charge on any atom is -0.362 e. The highest BCUT2D eigenvalue weighted by Gasteiger charge is 2.39. The lowest BCUT2D eigenvalue weighted by Crippen LogP contribution is -2.35. The van der Waals surface area contributed by atoms with E-state index in [0.29, 0.717) is 35.5 Å². The number of halogens is 4. The monoisotopic (exact) mass is 444 g/mol. The molecule has 1 aliphatic heterocycles.